The molecule has 0 spiro atoms. The van der Waals surface area contributed by atoms with Gasteiger partial charge in [-0.3, -0.25) is 0 Å². The Hall–Kier alpha value is -1.13. The van der Waals surface area contributed by atoms with Crippen LogP contribution in [0.5, 0.6) is 5.75 Å². The second kappa shape index (κ2) is 3.47. The average Bonchev–Trinajstić information content (AvgIpc) is 2.24. The molecule has 0 aliphatic carbocycles. The van der Waals surface area contributed by atoms with Gasteiger partial charge in [-0.05, 0) is 6.07 Å². The fraction of sp³-hybridized carbons (Fsp3) is 0.455. The lowest BCUT2D eigenvalue weighted by molar-refractivity contribution is 0.0822. The van der Waals surface area contributed by atoms with Crippen LogP contribution in [0.2, 0.25) is 0 Å². The number of benzene rings is 1. The summed E-state index contributed by atoms with van der Waals surface area (Å²) in [6, 6.07) is 4.60. The maximum absolute atomic E-state index is 13.4. The van der Waals surface area contributed by atoms with Crippen LogP contribution in [0.4, 0.5) is 4.39 Å². The third-order valence-corrected chi connectivity index (χ3v) is 3.09. The molecular weight excluding hydrogens is 197 g/mol. The quantitative estimate of drug-likeness (QED) is 0.728. The largest absolute Gasteiger partial charge is 0.490 e. The fourth-order valence-corrected chi connectivity index (χ4v) is 1.89. The number of aliphatic hydroxyl groups is 1. The Bertz CT molecular complexity index is 383. The summed E-state index contributed by atoms with van der Waals surface area (Å²) in [5.74, 6) is -0.299. The van der Waals surface area contributed by atoms with Gasteiger partial charge in [-0.25, -0.2) is 4.39 Å². The van der Waals surface area contributed by atoms with Gasteiger partial charge in [0.2, 0.25) is 0 Å². The summed E-state index contributed by atoms with van der Waals surface area (Å²) >= 11 is 0. The van der Waals surface area contributed by atoms with Gasteiger partial charge in [0.25, 0.3) is 0 Å². The zero-order chi connectivity index (χ0) is 11.1. The Labute approximate surface area is 87.7 Å². The molecule has 3 nitrogen and oxygen atoms in total. The zero-order valence-corrected chi connectivity index (χ0v) is 8.53. The number of para-hydroxylation sites is 1. The Morgan fingerprint density at radius 3 is 3.07 bits per heavy atom. The SMILES string of the molecule is CC1COc2c(F)cccc2C1(N)CO. The Kier molecular flexibility index (Phi) is 2.40. The number of ether oxygens (including phenoxy) is 1. The van der Waals surface area contributed by atoms with Crippen molar-refractivity contribution in [3.63, 3.8) is 0 Å². The highest BCUT2D eigenvalue weighted by molar-refractivity contribution is 5.42. The van der Waals surface area contributed by atoms with E-state index in [0.29, 0.717) is 12.2 Å². The first-order chi connectivity index (χ1) is 7.09. The summed E-state index contributed by atoms with van der Waals surface area (Å²) in [4.78, 5) is 0. The van der Waals surface area contributed by atoms with Crippen molar-refractivity contribution in [1.29, 1.82) is 0 Å². The summed E-state index contributed by atoms with van der Waals surface area (Å²) in [5, 5.41) is 9.36. The van der Waals surface area contributed by atoms with Gasteiger partial charge in [0.15, 0.2) is 11.6 Å². The van der Waals surface area contributed by atoms with Crippen molar-refractivity contribution in [3.8, 4) is 5.75 Å². The first-order valence-electron chi connectivity index (χ1n) is 4.91. The normalized spacial score (nSPS) is 29.5. The zero-order valence-electron chi connectivity index (χ0n) is 8.53. The van der Waals surface area contributed by atoms with E-state index in [1.54, 1.807) is 12.1 Å². The van der Waals surface area contributed by atoms with E-state index >= 15 is 0 Å². The monoisotopic (exact) mass is 211 g/mol. The third-order valence-electron chi connectivity index (χ3n) is 3.09. The van der Waals surface area contributed by atoms with E-state index in [0.717, 1.165) is 0 Å². The fourth-order valence-electron chi connectivity index (χ4n) is 1.89. The van der Waals surface area contributed by atoms with Gasteiger partial charge in [-0.2, -0.15) is 0 Å². The number of hydrogen-bond acceptors (Lipinski definition) is 3. The van der Waals surface area contributed by atoms with E-state index in [-0.39, 0.29) is 18.3 Å². The van der Waals surface area contributed by atoms with E-state index in [1.165, 1.54) is 6.07 Å². The van der Waals surface area contributed by atoms with E-state index in [2.05, 4.69) is 0 Å². The van der Waals surface area contributed by atoms with Crippen LogP contribution in [0.1, 0.15) is 12.5 Å². The van der Waals surface area contributed by atoms with Gasteiger partial charge in [0.1, 0.15) is 0 Å². The van der Waals surface area contributed by atoms with Gasteiger partial charge < -0.3 is 15.6 Å². The highest BCUT2D eigenvalue weighted by atomic mass is 19.1. The van der Waals surface area contributed by atoms with Gasteiger partial charge in [-0.1, -0.05) is 19.1 Å². The molecule has 0 amide bonds. The van der Waals surface area contributed by atoms with Crippen LogP contribution in [0, 0.1) is 11.7 Å². The highest BCUT2D eigenvalue weighted by Gasteiger charge is 2.40. The number of halogens is 1. The van der Waals surface area contributed by atoms with E-state index in [4.69, 9.17) is 10.5 Å². The lowest BCUT2D eigenvalue weighted by Gasteiger charge is -2.39. The molecular formula is C11H14FNO2. The van der Waals surface area contributed by atoms with Crippen molar-refractivity contribution >= 4 is 0 Å². The van der Waals surface area contributed by atoms with Crippen molar-refractivity contribution in [2.45, 2.75) is 12.5 Å². The smallest absolute Gasteiger partial charge is 0.165 e. The predicted octanol–water partition coefficient (Wildman–Crippen LogP) is 1.00. The van der Waals surface area contributed by atoms with Crippen molar-refractivity contribution in [2.24, 2.45) is 11.7 Å². The van der Waals surface area contributed by atoms with Gasteiger partial charge >= 0.3 is 0 Å². The van der Waals surface area contributed by atoms with Gasteiger partial charge in [-0.15, -0.1) is 0 Å². The molecule has 1 aromatic rings. The van der Waals surface area contributed by atoms with Crippen molar-refractivity contribution in [1.82, 2.24) is 0 Å². The number of rotatable bonds is 1. The number of hydrogen-bond donors (Lipinski definition) is 2. The Balaban J connectivity index is 2.58. The number of fused-ring (bicyclic) bond motifs is 1. The van der Waals surface area contributed by atoms with E-state index < -0.39 is 11.4 Å². The molecule has 0 radical (unpaired) electrons. The van der Waals surface area contributed by atoms with E-state index in [1.807, 2.05) is 6.92 Å². The standard InChI is InChI=1S/C11H14FNO2/c1-7-5-15-10-8(11(7,13)6-14)3-2-4-9(10)12/h2-4,7,14H,5-6,13H2,1H3. The average molecular weight is 211 g/mol. The topological polar surface area (TPSA) is 55.5 Å². The summed E-state index contributed by atoms with van der Waals surface area (Å²) in [6.07, 6.45) is 0. The molecule has 1 aromatic carbocycles. The second-order valence-corrected chi connectivity index (χ2v) is 4.03. The molecule has 15 heavy (non-hydrogen) atoms. The lowest BCUT2D eigenvalue weighted by Crippen LogP contribution is -2.51. The first kappa shape index (κ1) is 10.4. The summed E-state index contributed by atoms with van der Waals surface area (Å²) in [5.41, 5.74) is 5.72. The van der Waals surface area contributed by atoms with Crippen LogP contribution in [-0.4, -0.2) is 18.3 Å². The molecule has 1 aliphatic rings. The minimum absolute atomic E-state index is 0.0446. The molecule has 2 rings (SSSR count). The Morgan fingerprint density at radius 1 is 1.67 bits per heavy atom. The molecule has 82 valence electrons. The van der Waals surface area contributed by atoms with Gasteiger partial charge in [0.05, 0.1) is 18.8 Å². The molecule has 0 fully saturated rings. The third kappa shape index (κ3) is 1.41. The van der Waals surface area contributed by atoms with Crippen molar-refractivity contribution in [3.05, 3.63) is 29.6 Å². The Morgan fingerprint density at radius 2 is 2.40 bits per heavy atom. The van der Waals surface area contributed by atoms with Crippen LogP contribution >= 0.6 is 0 Å². The molecule has 0 aromatic heterocycles. The lowest BCUT2D eigenvalue weighted by atomic mass is 9.78. The molecule has 2 unspecified atom stereocenters. The predicted molar refractivity (Wildman–Crippen MR) is 54.0 cm³/mol. The van der Waals surface area contributed by atoms with Crippen LogP contribution < -0.4 is 10.5 Å². The van der Waals surface area contributed by atoms with Crippen molar-refractivity contribution in [2.75, 3.05) is 13.2 Å². The summed E-state index contributed by atoms with van der Waals surface area (Å²) in [6.45, 7) is 1.99. The minimum Gasteiger partial charge on any atom is -0.490 e. The van der Waals surface area contributed by atoms with Crippen LogP contribution in [0.3, 0.4) is 0 Å². The van der Waals surface area contributed by atoms with Crippen LogP contribution in [-0.2, 0) is 5.54 Å². The highest BCUT2D eigenvalue weighted by Crippen LogP contribution is 2.39. The van der Waals surface area contributed by atoms with Crippen molar-refractivity contribution < 1.29 is 14.2 Å². The molecule has 1 heterocycles. The van der Waals surface area contributed by atoms with Crippen LogP contribution in [0.25, 0.3) is 0 Å². The molecule has 3 N–H and O–H groups in total. The van der Waals surface area contributed by atoms with Gasteiger partial charge in [0, 0.05) is 11.5 Å². The van der Waals surface area contributed by atoms with Crippen LogP contribution in [0.15, 0.2) is 18.2 Å². The molecule has 1 aliphatic heterocycles. The molecule has 0 saturated carbocycles. The summed E-state index contributed by atoms with van der Waals surface area (Å²) < 4.78 is 18.7. The molecule has 0 bridgehead atoms. The van der Waals surface area contributed by atoms with E-state index in [9.17, 15) is 9.50 Å². The maximum Gasteiger partial charge on any atom is 0.165 e. The number of nitrogens with two attached hydrogens (primary N) is 1. The molecule has 2 atom stereocenters. The first-order valence-corrected chi connectivity index (χ1v) is 4.91. The summed E-state index contributed by atoms with van der Waals surface area (Å²) in [7, 11) is 0. The molecule has 4 heteroatoms. The minimum atomic E-state index is -0.907. The maximum atomic E-state index is 13.4. The number of aliphatic hydroxyl groups excluding tert-OH is 1. The second-order valence-electron chi connectivity index (χ2n) is 4.03. The molecule has 0 saturated heterocycles.